The lowest BCUT2D eigenvalue weighted by Crippen LogP contribution is -2.36. The van der Waals surface area contributed by atoms with E-state index in [0.717, 1.165) is 18.0 Å². The van der Waals surface area contributed by atoms with Crippen LogP contribution in [0.4, 0.5) is 0 Å². The summed E-state index contributed by atoms with van der Waals surface area (Å²) in [4.78, 5) is 2.65. The van der Waals surface area contributed by atoms with E-state index in [4.69, 9.17) is 11.6 Å². The van der Waals surface area contributed by atoms with Crippen LogP contribution in [0.3, 0.4) is 0 Å². The molecule has 2 aliphatic carbocycles. The molecule has 0 heterocycles. The van der Waals surface area contributed by atoms with E-state index in [1.165, 1.54) is 37.0 Å². The third kappa shape index (κ3) is 3.10. The fourth-order valence-corrected chi connectivity index (χ4v) is 4.44. The maximum Gasteiger partial charge on any atom is 0.257 e. The van der Waals surface area contributed by atoms with Crippen molar-refractivity contribution in [3.8, 4) is 0 Å². The van der Waals surface area contributed by atoms with E-state index in [2.05, 4.69) is 10.3 Å². The molecule has 0 amide bonds. The van der Waals surface area contributed by atoms with Crippen molar-refractivity contribution >= 4 is 21.6 Å². The van der Waals surface area contributed by atoms with Gasteiger partial charge in [0, 0.05) is 10.7 Å². The summed E-state index contributed by atoms with van der Waals surface area (Å²) < 4.78 is 24.4. The number of hydrogen-bond acceptors (Lipinski definition) is 3. The Hall–Kier alpha value is -1.04. The van der Waals surface area contributed by atoms with Gasteiger partial charge in [0.1, 0.15) is 0 Å². The van der Waals surface area contributed by atoms with Crippen LogP contribution >= 0.6 is 11.6 Å². The Morgan fingerprint density at radius 3 is 2.52 bits per heavy atom. The number of halogens is 1. The standard InChI is InChI=1S/C15H19ClN2O2S/c1-10(15-9-11-2-3-12(15)8-11)17-18-21(19,20)14-6-4-13(16)5-7-14/h4-7,11-12,17-18H,2-3,8-9H2,1H3. The summed E-state index contributed by atoms with van der Waals surface area (Å²) in [6.45, 7) is 1.94. The topological polar surface area (TPSA) is 58.2 Å². The summed E-state index contributed by atoms with van der Waals surface area (Å²) >= 11 is 5.77. The van der Waals surface area contributed by atoms with Crippen molar-refractivity contribution in [3.63, 3.8) is 0 Å². The molecule has 114 valence electrons. The third-order valence-corrected chi connectivity index (χ3v) is 6.04. The van der Waals surface area contributed by atoms with E-state index in [-0.39, 0.29) is 4.90 Å². The Bertz CT molecular complexity index is 667. The predicted molar refractivity (Wildman–Crippen MR) is 83.1 cm³/mol. The maximum absolute atomic E-state index is 12.2. The van der Waals surface area contributed by atoms with Gasteiger partial charge >= 0.3 is 0 Å². The number of nitrogens with one attached hydrogen (secondary N) is 2. The highest BCUT2D eigenvalue weighted by molar-refractivity contribution is 7.89. The Balaban J connectivity index is 1.69. The molecule has 0 aromatic heterocycles. The van der Waals surface area contributed by atoms with Crippen LogP contribution in [0.5, 0.6) is 0 Å². The van der Waals surface area contributed by atoms with Gasteiger partial charge in [-0.15, -0.1) is 4.83 Å². The fourth-order valence-electron chi connectivity index (χ4n) is 3.41. The number of rotatable bonds is 4. The summed E-state index contributed by atoms with van der Waals surface area (Å²) in [5, 5.41) is 0.516. The second-order valence-electron chi connectivity index (χ2n) is 5.91. The zero-order valence-electron chi connectivity index (χ0n) is 11.9. The molecular weight excluding hydrogens is 308 g/mol. The number of benzene rings is 1. The minimum absolute atomic E-state index is 0.199. The lowest BCUT2D eigenvalue weighted by molar-refractivity contribution is 0.544. The summed E-state index contributed by atoms with van der Waals surface area (Å²) in [6.07, 6.45) is 4.92. The zero-order chi connectivity index (χ0) is 15.0. The van der Waals surface area contributed by atoms with Gasteiger partial charge in [0.15, 0.2) is 0 Å². The van der Waals surface area contributed by atoms with Crippen molar-refractivity contribution in [1.82, 2.24) is 10.3 Å². The molecule has 0 radical (unpaired) electrons. The first-order valence-corrected chi connectivity index (χ1v) is 9.05. The van der Waals surface area contributed by atoms with E-state index in [1.807, 2.05) is 6.92 Å². The lowest BCUT2D eigenvalue weighted by atomic mass is 9.93. The minimum Gasteiger partial charge on any atom is -0.312 e. The summed E-state index contributed by atoms with van der Waals surface area (Å²) in [7, 11) is -3.57. The van der Waals surface area contributed by atoms with Gasteiger partial charge in [0.25, 0.3) is 10.0 Å². The first kappa shape index (κ1) is 14.9. The van der Waals surface area contributed by atoms with E-state index in [9.17, 15) is 8.42 Å². The smallest absolute Gasteiger partial charge is 0.257 e. The first-order valence-electron chi connectivity index (χ1n) is 7.19. The Labute approximate surface area is 130 Å². The minimum atomic E-state index is -3.57. The molecule has 21 heavy (non-hydrogen) atoms. The average Bonchev–Trinajstić information content (AvgIpc) is 3.08. The van der Waals surface area contributed by atoms with E-state index < -0.39 is 10.0 Å². The van der Waals surface area contributed by atoms with E-state index in [1.54, 1.807) is 12.1 Å². The van der Waals surface area contributed by atoms with Gasteiger partial charge in [-0.25, -0.2) is 8.42 Å². The van der Waals surface area contributed by atoms with E-state index >= 15 is 0 Å². The van der Waals surface area contributed by atoms with Crippen LogP contribution in [0.25, 0.3) is 0 Å². The van der Waals surface area contributed by atoms with Crippen molar-refractivity contribution in [2.24, 2.45) is 11.8 Å². The quantitative estimate of drug-likeness (QED) is 0.835. The van der Waals surface area contributed by atoms with Crippen LogP contribution in [-0.4, -0.2) is 8.42 Å². The molecule has 2 fully saturated rings. The summed E-state index contributed by atoms with van der Waals surface area (Å²) in [6, 6.07) is 6.12. The highest BCUT2D eigenvalue weighted by Crippen LogP contribution is 2.48. The van der Waals surface area contributed by atoms with Crippen LogP contribution in [0.1, 0.15) is 32.6 Å². The Morgan fingerprint density at radius 2 is 1.95 bits per heavy atom. The van der Waals surface area contributed by atoms with Crippen molar-refractivity contribution in [1.29, 1.82) is 0 Å². The lowest BCUT2D eigenvalue weighted by Gasteiger charge is -2.18. The largest absolute Gasteiger partial charge is 0.312 e. The molecule has 0 aliphatic heterocycles. The molecule has 1 aromatic rings. The molecule has 2 aliphatic rings. The number of hydrogen-bond donors (Lipinski definition) is 2. The second kappa shape index (κ2) is 5.63. The van der Waals surface area contributed by atoms with Gasteiger partial charge < -0.3 is 5.43 Å². The molecule has 4 nitrogen and oxygen atoms in total. The molecule has 6 heteroatoms. The molecule has 0 saturated heterocycles. The normalized spacial score (nSPS) is 27.0. The van der Waals surface area contributed by atoms with Crippen LogP contribution in [0.15, 0.2) is 40.4 Å². The predicted octanol–water partition coefficient (Wildman–Crippen LogP) is 3.22. The monoisotopic (exact) mass is 326 g/mol. The van der Waals surface area contributed by atoms with Crippen LogP contribution < -0.4 is 10.3 Å². The maximum atomic E-state index is 12.2. The average molecular weight is 327 g/mol. The summed E-state index contributed by atoms with van der Waals surface area (Å²) in [5.41, 5.74) is 5.20. The number of sulfonamides is 1. The van der Waals surface area contributed by atoms with Gasteiger partial charge in [0.2, 0.25) is 0 Å². The second-order valence-corrected chi connectivity index (χ2v) is 8.03. The highest BCUT2D eigenvalue weighted by Gasteiger charge is 2.36. The zero-order valence-corrected chi connectivity index (χ0v) is 13.5. The summed E-state index contributed by atoms with van der Waals surface area (Å²) in [5.74, 6) is 1.44. The molecule has 2 atom stereocenters. The number of hydrazine groups is 1. The van der Waals surface area contributed by atoms with Crippen LogP contribution in [0, 0.1) is 11.8 Å². The van der Waals surface area contributed by atoms with Crippen molar-refractivity contribution in [2.45, 2.75) is 37.5 Å². The number of allylic oxidation sites excluding steroid dienone is 2. The molecule has 1 aromatic carbocycles. The highest BCUT2D eigenvalue weighted by atomic mass is 35.5. The molecule has 2 bridgehead atoms. The van der Waals surface area contributed by atoms with Crippen molar-refractivity contribution in [3.05, 3.63) is 40.6 Å². The van der Waals surface area contributed by atoms with Gasteiger partial charge in [-0.3, -0.25) is 0 Å². The van der Waals surface area contributed by atoms with Crippen molar-refractivity contribution in [2.75, 3.05) is 0 Å². The molecule has 2 saturated carbocycles. The SMILES string of the molecule is CC(NNS(=O)(=O)c1ccc(Cl)cc1)=C1CC2CCC1C2. The van der Waals surface area contributed by atoms with Gasteiger partial charge in [0.05, 0.1) is 4.90 Å². The van der Waals surface area contributed by atoms with Crippen LogP contribution in [0.2, 0.25) is 5.02 Å². The number of fused-ring (bicyclic) bond motifs is 2. The molecule has 2 unspecified atom stereocenters. The molecule has 0 spiro atoms. The van der Waals surface area contributed by atoms with Crippen molar-refractivity contribution < 1.29 is 8.42 Å². The fraction of sp³-hybridized carbons (Fsp3) is 0.467. The van der Waals surface area contributed by atoms with Crippen LogP contribution in [-0.2, 0) is 10.0 Å². The third-order valence-electron chi connectivity index (χ3n) is 4.52. The molecule has 2 N–H and O–H groups in total. The first-order chi connectivity index (χ1) is 9.95. The van der Waals surface area contributed by atoms with Gasteiger partial charge in [-0.2, -0.15) is 0 Å². The van der Waals surface area contributed by atoms with Gasteiger partial charge in [-0.1, -0.05) is 11.6 Å². The van der Waals surface area contributed by atoms with Gasteiger partial charge in [-0.05, 0) is 74.3 Å². The molecular formula is C15H19ClN2O2S. The van der Waals surface area contributed by atoms with E-state index in [0.29, 0.717) is 10.9 Å². The molecule has 3 rings (SSSR count). The Kier molecular flexibility index (Phi) is 3.99. The Morgan fingerprint density at radius 1 is 1.24 bits per heavy atom.